The molecule has 1 amide bonds. The van der Waals surface area contributed by atoms with Crippen molar-refractivity contribution in [3.8, 4) is 5.75 Å². The van der Waals surface area contributed by atoms with Gasteiger partial charge < -0.3 is 14.6 Å². The fraction of sp³-hybridized carbons (Fsp3) is 0.250. The quantitative estimate of drug-likeness (QED) is 0.341. The molecule has 1 atom stereocenters. The van der Waals surface area contributed by atoms with Gasteiger partial charge in [-0.3, -0.25) is 4.79 Å². The van der Waals surface area contributed by atoms with E-state index in [-0.39, 0.29) is 11.8 Å². The minimum atomic E-state index is -0.0920. The summed E-state index contributed by atoms with van der Waals surface area (Å²) in [7, 11) is 0. The van der Waals surface area contributed by atoms with Gasteiger partial charge >= 0.3 is 0 Å². The SMILES string of the molecule is O=C(C[C@H](c1cccc(OCc2ccccc2)c1)c1c[nH]c2ccc(Cl)cc12)N1CCCC1. The smallest absolute Gasteiger partial charge is 0.223 e. The average molecular weight is 459 g/mol. The molecule has 5 heteroatoms. The van der Waals surface area contributed by atoms with Gasteiger partial charge in [0.15, 0.2) is 0 Å². The maximum Gasteiger partial charge on any atom is 0.223 e. The first-order valence-corrected chi connectivity index (χ1v) is 11.9. The van der Waals surface area contributed by atoms with Crippen molar-refractivity contribution in [1.82, 2.24) is 9.88 Å². The fourth-order valence-electron chi connectivity index (χ4n) is 4.64. The number of carbonyl (C=O) groups excluding carboxylic acids is 1. The number of amides is 1. The molecule has 1 N–H and O–H groups in total. The van der Waals surface area contributed by atoms with Crippen molar-refractivity contribution in [2.24, 2.45) is 0 Å². The molecule has 3 aromatic carbocycles. The number of ether oxygens (including phenoxy) is 1. The molecule has 1 aliphatic heterocycles. The fourth-order valence-corrected chi connectivity index (χ4v) is 4.81. The summed E-state index contributed by atoms with van der Waals surface area (Å²) in [5.41, 5.74) is 4.29. The largest absolute Gasteiger partial charge is 0.489 e. The summed E-state index contributed by atoms with van der Waals surface area (Å²) in [6.45, 7) is 2.21. The molecule has 1 fully saturated rings. The molecular weight excluding hydrogens is 432 g/mol. The zero-order valence-electron chi connectivity index (χ0n) is 18.5. The van der Waals surface area contributed by atoms with Gasteiger partial charge in [0, 0.05) is 47.6 Å². The highest BCUT2D eigenvalue weighted by Gasteiger charge is 2.26. The molecule has 4 aromatic rings. The highest BCUT2D eigenvalue weighted by molar-refractivity contribution is 6.31. The number of H-pyrrole nitrogens is 1. The number of halogens is 1. The highest BCUT2D eigenvalue weighted by atomic mass is 35.5. The van der Waals surface area contributed by atoms with Crippen LogP contribution in [0.3, 0.4) is 0 Å². The van der Waals surface area contributed by atoms with E-state index in [0.29, 0.717) is 18.1 Å². The third-order valence-corrected chi connectivity index (χ3v) is 6.63. The van der Waals surface area contributed by atoms with Gasteiger partial charge in [-0.15, -0.1) is 0 Å². The Hall–Kier alpha value is -3.24. The molecule has 0 saturated carbocycles. The van der Waals surface area contributed by atoms with Crippen molar-refractivity contribution in [2.75, 3.05) is 13.1 Å². The van der Waals surface area contributed by atoms with E-state index < -0.39 is 0 Å². The summed E-state index contributed by atoms with van der Waals surface area (Å²) >= 11 is 6.32. The Bertz CT molecular complexity index is 1250. The molecule has 0 spiro atoms. The van der Waals surface area contributed by atoms with Crippen LogP contribution in [0, 0.1) is 0 Å². The van der Waals surface area contributed by atoms with Crippen molar-refractivity contribution in [1.29, 1.82) is 0 Å². The molecular formula is C28H27ClN2O2. The summed E-state index contributed by atoms with van der Waals surface area (Å²) in [6.07, 6.45) is 4.60. The number of nitrogens with one attached hydrogen (secondary N) is 1. The number of aromatic nitrogens is 1. The first-order chi connectivity index (χ1) is 16.2. The van der Waals surface area contributed by atoms with Crippen LogP contribution in [0.2, 0.25) is 5.02 Å². The maximum atomic E-state index is 13.2. The lowest BCUT2D eigenvalue weighted by Gasteiger charge is -2.22. The number of likely N-dealkylation sites (tertiary alicyclic amines) is 1. The molecule has 1 aromatic heterocycles. The first-order valence-electron chi connectivity index (χ1n) is 11.5. The number of hydrogen-bond acceptors (Lipinski definition) is 2. The van der Waals surface area contributed by atoms with Crippen LogP contribution in [0.15, 0.2) is 79.0 Å². The van der Waals surface area contributed by atoms with Gasteiger partial charge in [0.2, 0.25) is 5.91 Å². The predicted molar refractivity (Wildman–Crippen MR) is 133 cm³/mol. The number of aromatic amines is 1. The monoisotopic (exact) mass is 458 g/mol. The zero-order valence-corrected chi connectivity index (χ0v) is 19.2. The van der Waals surface area contributed by atoms with Crippen LogP contribution < -0.4 is 4.74 Å². The number of carbonyl (C=O) groups is 1. The number of rotatable bonds is 7. The van der Waals surface area contributed by atoms with Crippen LogP contribution in [0.1, 0.15) is 41.9 Å². The number of benzene rings is 3. The average Bonchev–Trinajstić information content (AvgIpc) is 3.52. The van der Waals surface area contributed by atoms with Gasteiger partial charge in [-0.05, 0) is 59.9 Å². The van der Waals surface area contributed by atoms with Gasteiger partial charge in [-0.1, -0.05) is 54.1 Å². The van der Waals surface area contributed by atoms with E-state index >= 15 is 0 Å². The molecule has 0 unspecified atom stereocenters. The van der Waals surface area contributed by atoms with E-state index in [9.17, 15) is 4.79 Å². The standard InChI is InChI=1S/C28H27ClN2O2/c29-22-11-12-27-25(16-22)26(18-30-27)24(17-28(32)31-13-4-5-14-31)21-9-6-10-23(15-21)33-19-20-7-2-1-3-8-20/h1-3,6-12,15-16,18,24,30H,4-5,13-14,17,19H2/t24-/m1/s1. The van der Waals surface area contributed by atoms with Crippen LogP contribution in [0.5, 0.6) is 5.75 Å². The molecule has 0 aliphatic carbocycles. The summed E-state index contributed by atoms with van der Waals surface area (Å²) < 4.78 is 6.09. The summed E-state index contributed by atoms with van der Waals surface area (Å²) in [5, 5.41) is 1.74. The van der Waals surface area contributed by atoms with E-state index in [4.69, 9.17) is 16.3 Å². The molecule has 4 nitrogen and oxygen atoms in total. The third kappa shape index (κ3) is 4.91. The lowest BCUT2D eigenvalue weighted by molar-refractivity contribution is -0.130. The first kappa shape index (κ1) is 21.6. The Morgan fingerprint density at radius 2 is 1.82 bits per heavy atom. The zero-order chi connectivity index (χ0) is 22.6. The molecule has 0 bridgehead atoms. The van der Waals surface area contributed by atoms with Gasteiger partial charge in [0.05, 0.1) is 0 Å². The molecule has 5 rings (SSSR count). The van der Waals surface area contributed by atoms with Crippen LogP contribution in [0.4, 0.5) is 0 Å². The molecule has 168 valence electrons. The van der Waals surface area contributed by atoms with Gasteiger partial charge in [0.25, 0.3) is 0 Å². The minimum Gasteiger partial charge on any atom is -0.489 e. The summed E-state index contributed by atoms with van der Waals surface area (Å²) in [4.78, 5) is 18.5. The normalized spacial score (nSPS) is 14.5. The van der Waals surface area contributed by atoms with Crippen molar-refractivity contribution in [3.63, 3.8) is 0 Å². The van der Waals surface area contributed by atoms with E-state index in [0.717, 1.165) is 59.3 Å². The Morgan fingerprint density at radius 3 is 2.64 bits per heavy atom. The van der Waals surface area contributed by atoms with Gasteiger partial charge in [0.1, 0.15) is 12.4 Å². The topological polar surface area (TPSA) is 45.3 Å². The van der Waals surface area contributed by atoms with Gasteiger partial charge in [-0.25, -0.2) is 0 Å². The summed E-state index contributed by atoms with van der Waals surface area (Å²) in [5.74, 6) is 0.905. The highest BCUT2D eigenvalue weighted by Crippen LogP contribution is 2.36. The number of nitrogens with zero attached hydrogens (tertiary/aromatic N) is 1. The second-order valence-electron chi connectivity index (χ2n) is 8.63. The lowest BCUT2D eigenvalue weighted by atomic mass is 9.87. The number of fused-ring (bicyclic) bond motifs is 1. The molecule has 0 radical (unpaired) electrons. The van der Waals surface area contributed by atoms with Crippen molar-refractivity contribution < 1.29 is 9.53 Å². The van der Waals surface area contributed by atoms with Crippen molar-refractivity contribution in [2.45, 2.75) is 31.8 Å². The Morgan fingerprint density at radius 1 is 1.00 bits per heavy atom. The maximum absolute atomic E-state index is 13.2. The second-order valence-corrected chi connectivity index (χ2v) is 9.06. The van der Waals surface area contributed by atoms with Crippen molar-refractivity contribution >= 4 is 28.4 Å². The minimum absolute atomic E-state index is 0.0920. The molecule has 1 saturated heterocycles. The Balaban J connectivity index is 1.47. The van der Waals surface area contributed by atoms with Crippen LogP contribution >= 0.6 is 11.6 Å². The lowest BCUT2D eigenvalue weighted by Crippen LogP contribution is -2.29. The van der Waals surface area contributed by atoms with Crippen LogP contribution in [-0.2, 0) is 11.4 Å². The Kier molecular flexibility index (Phi) is 6.36. The van der Waals surface area contributed by atoms with Crippen molar-refractivity contribution in [3.05, 3.63) is 101 Å². The second kappa shape index (κ2) is 9.72. The predicted octanol–water partition coefficient (Wildman–Crippen LogP) is 6.54. The van der Waals surface area contributed by atoms with E-state index in [1.807, 2.05) is 59.6 Å². The van der Waals surface area contributed by atoms with E-state index in [1.165, 1.54) is 0 Å². The Labute approximate surface area is 199 Å². The number of hydrogen-bond donors (Lipinski definition) is 1. The van der Waals surface area contributed by atoms with Crippen LogP contribution in [0.25, 0.3) is 10.9 Å². The molecule has 33 heavy (non-hydrogen) atoms. The molecule has 2 heterocycles. The summed E-state index contributed by atoms with van der Waals surface area (Å²) in [6, 6.07) is 24.1. The van der Waals surface area contributed by atoms with E-state index in [2.05, 4.69) is 29.2 Å². The molecule has 1 aliphatic rings. The van der Waals surface area contributed by atoms with Crippen LogP contribution in [-0.4, -0.2) is 28.9 Å². The van der Waals surface area contributed by atoms with Gasteiger partial charge in [-0.2, -0.15) is 0 Å². The van der Waals surface area contributed by atoms with E-state index in [1.54, 1.807) is 0 Å². The third-order valence-electron chi connectivity index (χ3n) is 6.40.